The van der Waals surface area contributed by atoms with Gasteiger partial charge in [-0.3, -0.25) is 0 Å². The number of ether oxygens (including phenoxy) is 1. The summed E-state index contributed by atoms with van der Waals surface area (Å²) >= 11 is 0. The van der Waals surface area contributed by atoms with E-state index in [2.05, 4.69) is 10.6 Å². The van der Waals surface area contributed by atoms with E-state index in [9.17, 15) is 4.79 Å². The molecule has 2 unspecified atom stereocenters. The highest BCUT2D eigenvalue weighted by atomic mass is 16.6. The molecule has 1 aliphatic rings. The van der Waals surface area contributed by atoms with Crippen molar-refractivity contribution in [3.05, 3.63) is 0 Å². The highest BCUT2D eigenvalue weighted by molar-refractivity contribution is 5.67. The fourth-order valence-electron chi connectivity index (χ4n) is 1.79. The molecule has 0 spiro atoms. The van der Waals surface area contributed by atoms with Crippen molar-refractivity contribution in [3.8, 4) is 0 Å². The zero-order chi connectivity index (χ0) is 12.2. The highest BCUT2D eigenvalue weighted by Gasteiger charge is 2.34. The first-order chi connectivity index (χ1) is 7.42. The Kier molecular flexibility index (Phi) is 4.59. The molecule has 4 nitrogen and oxygen atoms in total. The predicted octanol–water partition coefficient (Wildman–Crippen LogP) is 1.90. The number of hydrogen-bond donors (Lipinski definition) is 2. The highest BCUT2D eigenvalue weighted by Crippen LogP contribution is 2.33. The van der Waals surface area contributed by atoms with Crippen molar-refractivity contribution < 1.29 is 9.53 Å². The van der Waals surface area contributed by atoms with E-state index in [0.29, 0.717) is 12.6 Å². The van der Waals surface area contributed by atoms with Gasteiger partial charge in [0.15, 0.2) is 0 Å². The lowest BCUT2D eigenvalue weighted by molar-refractivity contribution is 0.0527. The average molecular weight is 228 g/mol. The van der Waals surface area contributed by atoms with E-state index in [4.69, 9.17) is 4.74 Å². The van der Waals surface area contributed by atoms with Gasteiger partial charge in [0.2, 0.25) is 0 Å². The Labute approximate surface area is 98.1 Å². The molecule has 0 aliphatic heterocycles. The lowest BCUT2D eigenvalue weighted by atomic mass is 10.2. The van der Waals surface area contributed by atoms with Crippen LogP contribution >= 0.6 is 0 Å². The van der Waals surface area contributed by atoms with E-state index in [-0.39, 0.29) is 6.09 Å². The summed E-state index contributed by atoms with van der Waals surface area (Å²) in [5, 5.41) is 6.03. The summed E-state index contributed by atoms with van der Waals surface area (Å²) < 4.78 is 5.14. The Balaban J connectivity index is 1.97. The quantitative estimate of drug-likeness (QED) is 0.707. The van der Waals surface area contributed by atoms with Crippen LogP contribution in [0.15, 0.2) is 0 Å². The molecule has 2 N–H and O–H groups in total. The third-order valence-electron chi connectivity index (χ3n) is 2.71. The largest absolute Gasteiger partial charge is 0.444 e. The smallest absolute Gasteiger partial charge is 0.407 e. The molecule has 2 atom stereocenters. The number of nitrogens with one attached hydrogen (secondary N) is 2. The lowest BCUT2D eigenvalue weighted by Gasteiger charge is -2.19. The van der Waals surface area contributed by atoms with Crippen molar-refractivity contribution in [1.29, 1.82) is 0 Å². The number of rotatable bonds is 5. The van der Waals surface area contributed by atoms with Crippen LogP contribution < -0.4 is 10.6 Å². The van der Waals surface area contributed by atoms with Crippen LogP contribution in [0.3, 0.4) is 0 Å². The third-order valence-corrected chi connectivity index (χ3v) is 2.71. The van der Waals surface area contributed by atoms with E-state index >= 15 is 0 Å². The van der Waals surface area contributed by atoms with Crippen molar-refractivity contribution in [2.75, 3.05) is 13.6 Å². The van der Waals surface area contributed by atoms with Crippen LogP contribution in [0.1, 0.15) is 40.0 Å². The molecule has 1 rings (SSSR count). The van der Waals surface area contributed by atoms with Gasteiger partial charge in [-0.1, -0.05) is 0 Å². The summed E-state index contributed by atoms with van der Waals surface area (Å²) in [7, 11) is 2.00. The van der Waals surface area contributed by atoms with Gasteiger partial charge in [-0.05, 0) is 53.0 Å². The molecule has 0 aromatic heterocycles. The topological polar surface area (TPSA) is 50.4 Å². The average Bonchev–Trinajstić information content (AvgIpc) is 2.88. The normalized spacial score (nSPS) is 24.0. The van der Waals surface area contributed by atoms with E-state index < -0.39 is 5.60 Å². The van der Waals surface area contributed by atoms with Crippen LogP contribution in [0.25, 0.3) is 0 Å². The predicted molar refractivity (Wildman–Crippen MR) is 64.4 cm³/mol. The van der Waals surface area contributed by atoms with Crippen molar-refractivity contribution in [3.63, 3.8) is 0 Å². The van der Waals surface area contributed by atoms with Crippen LogP contribution in [0.5, 0.6) is 0 Å². The fraction of sp³-hybridized carbons (Fsp3) is 0.917. The van der Waals surface area contributed by atoms with Gasteiger partial charge in [-0.25, -0.2) is 4.79 Å². The van der Waals surface area contributed by atoms with E-state index in [1.165, 1.54) is 12.8 Å². The monoisotopic (exact) mass is 228 g/mol. The number of amides is 1. The van der Waals surface area contributed by atoms with Crippen molar-refractivity contribution in [1.82, 2.24) is 10.6 Å². The molecule has 0 bridgehead atoms. The van der Waals surface area contributed by atoms with Gasteiger partial charge in [0.05, 0.1) is 0 Å². The maximum absolute atomic E-state index is 11.3. The zero-order valence-electron chi connectivity index (χ0n) is 10.8. The minimum Gasteiger partial charge on any atom is -0.444 e. The number of carbonyl (C=O) groups excluding carboxylic acids is 1. The second-order valence-electron chi connectivity index (χ2n) is 5.46. The molecule has 4 heteroatoms. The summed E-state index contributed by atoms with van der Waals surface area (Å²) in [5.41, 5.74) is -0.405. The molecular weight excluding hydrogens is 204 g/mol. The Hall–Kier alpha value is -0.770. The van der Waals surface area contributed by atoms with E-state index in [0.717, 1.165) is 12.3 Å². The first-order valence-electron chi connectivity index (χ1n) is 6.06. The van der Waals surface area contributed by atoms with E-state index in [1.807, 2.05) is 27.8 Å². The molecular formula is C12H24N2O2. The summed E-state index contributed by atoms with van der Waals surface area (Å²) in [5.74, 6) is 0.811. The first-order valence-corrected chi connectivity index (χ1v) is 6.06. The molecule has 0 saturated heterocycles. The van der Waals surface area contributed by atoms with Crippen molar-refractivity contribution in [2.24, 2.45) is 5.92 Å². The Morgan fingerprint density at radius 2 is 2.12 bits per heavy atom. The van der Waals surface area contributed by atoms with Crippen LogP contribution in [0.2, 0.25) is 0 Å². The minimum atomic E-state index is -0.405. The van der Waals surface area contributed by atoms with Crippen LogP contribution in [0, 0.1) is 5.92 Å². The van der Waals surface area contributed by atoms with Gasteiger partial charge < -0.3 is 15.4 Å². The first kappa shape index (κ1) is 13.3. The molecule has 0 aromatic rings. The summed E-state index contributed by atoms with van der Waals surface area (Å²) in [6.07, 6.45) is 3.18. The van der Waals surface area contributed by atoms with Gasteiger partial charge in [0.1, 0.15) is 5.60 Å². The van der Waals surface area contributed by atoms with Gasteiger partial charge in [0, 0.05) is 12.6 Å². The standard InChI is InChI=1S/C12H24N2O2/c1-12(2,3)16-11(15)14-7-5-6-9-8-10(9)13-4/h9-10,13H,5-8H2,1-4H3,(H,14,15). The summed E-state index contributed by atoms with van der Waals surface area (Å²) in [4.78, 5) is 11.3. The molecule has 94 valence electrons. The van der Waals surface area contributed by atoms with Gasteiger partial charge in [-0.15, -0.1) is 0 Å². The van der Waals surface area contributed by atoms with Crippen molar-refractivity contribution >= 4 is 6.09 Å². The van der Waals surface area contributed by atoms with Crippen molar-refractivity contribution in [2.45, 2.75) is 51.7 Å². The molecule has 1 amide bonds. The Morgan fingerprint density at radius 1 is 1.44 bits per heavy atom. The molecule has 1 saturated carbocycles. The summed E-state index contributed by atoms with van der Waals surface area (Å²) in [6.45, 7) is 6.32. The number of carbonyl (C=O) groups is 1. The third kappa shape index (κ3) is 5.35. The van der Waals surface area contributed by atoms with Gasteiger partial charge in [0.25, 0.3) is 0 Å². The van der Waals surface area contributed by atoms with Gasteiger partial charge in [-0.2, -0.15) is 0 Å². The fourth-order valence-corrected chi connectivity index (χ4v) is 1.79. The van der Waals surface area contributed by atoms with Crippen LogP contribution in [-0.4, -0.2) is 31.3 Å². The molecule has 16 heavy (non-hydrogen) atoms. The molecule has 1 aliphatic carbocycles. The maximum Gasteiger partial charge on any atom is 0.407 e. The Morgan fingerprint density at radius 3 is 2.62 bits per heavy atom. The lowest BCUT2D eigenvalue weighted by Crippen LogP contribution is -2.33. The second kappa shape index (κ2) is 5.53. The molecule has 0 radical (unpaired) electrons. The molecule has 1 fully saturated rings. The number of hydrogen-bond acceptors (Lipinski definition) is 3. The molecule has 0 aromatic carbocycles. The SMILES string of the molecule is CNC1CC1CCCNC(=O)OC(C)(C)C. The van der Waals surface area contributed by atoms with E-state index in [1.54, 1.807) is 0 Å². The van der Waals surface area contributed by atoms with Crippen LogP contribution in [-0.2, 0) is 4.74 Å². The zero-order valence-corrected chi connectivity index (χ0v) is 10.8. The van der Waals surface area contributed by atoms with Crippen LogP contribution in [0.4, 0.5) is 4.79 Å². The Bertz CT molecular complexity index is 236. The minimum absolute atomic E-state index is 0.312. The van der Waals surface area contributed by atoms with Gasteiger partial charge >= 0.3 is 6.09 Å². The maximum atomic E-state index is 11.3. The second-order valence-corrected chi connectivity index (χ2v) is 5.46. The molecule has 0 heterocycles. The summed E-state index contributed by atoms with van der Waals surface area (Å²) in [6, 6.07) is 0.710. The number of alkyl carbamates (subject to hydrolysis) is 1.